The van der Waals surface area contributed by atoms with Crippen LogP contribution in [0.2, 0.25) is 0 Å². The highest BCUT2D eigenvalue weighted by Crippen LogP contribution is 2.48. The summed E-state index contributed by atoms with van der Waals surface area (Å²) >= 11 is 0. The summed E-state index contributed by atoms with van der Waals surface area (Å²) < 4.78 is 4.94. The Morgan fingerprint density at radius 2 is 2.15 bits per heavy atom. The average Bonchev–Trinajstić information content (AvgIpc) is 3.06. The van der Waals surface area contributed by atoms with Gasteiger partial charge in [-0.1, -0.05) is 18.2 Å². The summed E-state index contributed by atoms with van der Waals surface area (Å²) in [6.45, 7) is 1.66. The first-order valence-corrected chi connectivity index (χ1v) is 9.60. The highest BCUT2D eigenvalue weighted by molar-refractivity contribution is 5.90. The van der Waals surface area contributed by atoms with Gasteiger partial charge in [-0.2, -0.15) is 0 Å². The number of methoxy groups -OCH3 is 1. The molecule has 0 amide bonds. The monoisotopic (exact) mass is 368 g/mol. The number of esters is 1. The van der Waals surface area contributed by atoms with Crippen molar-refractivity contribution in [2.24, 2.45) is 11.8 Å². The number of H-pyrrole nitrogens is 1. The van der Waals surface area contributed by atoms with Gasteiger partial charge in [0.1, 0.15) is 5.76 Å². The van der Waals surface area contributed by atoms with E-state index in [0.717, 1.165) is 25.0 Å². The summed E-state index contributed by atoms with van der Waals surface area (Å²) in [6, 6.07) is 8.50. The van der Waals surface area contributed by atoms with Gasteiger partial charge in [-0.15, -0.1) is 0 Å². The van der Waals surface area contributed by atoms with Crippen LogP contribution in [0.1, 0.15) is 30.1 Å². The van der Waals surface area contributed by atoms with E-state index in [2.05, 4.69) is 28.1 Å². The van der Waals surface area contributed by atoms with E-state index in [1.165, 1.54) is 23.8 Å². The third-order valence-corrected chi connectivity index (χ3v) is 6.69. The Balaban J connectivity index is 1.57. The van der Waals surface area contributed by atoms with Gasteiger partial charge >= 0.3 is 5.97 Å². The molecule has 1 aromatic carbocycles. The van der Waals surface area contributed by atoms with Crippen molar-refractivity contribution in [3.05, 3.63) is 46.9 Å². The number of aromatic amines is 1. The number of carbonyl (C=O) groups is 1. The van der Waals surface area contributed by atoms with Crippen molar-refractivity contribution in [3.63, 3.8) is 0 Å². The first kappa shape index (κ1) is 16.8. The average molecular weight is 368 g/mol. The topological polar surface area (TPSA) is 85.8 Å². The molecule has 142 valence electrons. The summed E-state index contributed by atoms with van der Waals surface area (Å²) in [7, 11) is 1.34. The van der Waals surface area contributed by atoms with Gasteiger partial charge in [0.05, 0.1) is 24.8 Å². The third-order valence-electron chi connectivity index (χ3n) is 6.69. The summed E-state index contributed by atoms with van der Waals surface area (Å²) in [4.78, 5) is 18.4. The molecule has 4 atom stereocenters. The largest absolute Gasteiger partial charge is 0.512 e. The first-order valence-electron chi connectivity index (χ1n) is 9.60. The van der Waals surface area contributed by atoms with Crippen LogP contribution in [-0.4, -0.2) is 52.4 Å². The number of nitrogens with zero attached hydrogens (tertiary/aromatic N) is 1. The highest BCUT2D eigenvalue weighted by atomic mass is 16.5. The second-order valence-corrected chi connectivity index (χ2v) is 7.95. The van der Waals surface area contributed by atoms with Crippen LogP contribution < -0.4 is 0 Å². The van der Waals surface area contributed by atoms with Gasteiger partial charge in [0.25, 0.3) is 0 Å². The van der Waals surface area contributed by atoms with Crippen molar-refractivity contribution >= 4 is 16.9 Å². The molecule has 0 saturated carbocycles. The van der Waals surface area contributed by atoms with E-state index < -0.39 is 12.1 Å². The molecule has 2 aromatic rings. The van der Waals surface area contributed by atoms with Crippen LogP contribution in [0.3, 0.4) is 0 Å². The molecule has 0 radical (unpaired) electrons. The minimum absolute atomic E-state index is 0.0169. The molecule has 3 N–H and O–H groups in total. The molecule has 3 heterocycles. The van der Waals surface area contributed by atoms with Crippen LogP contribution in [0, 0.1) is 11.8 Å². The quantitative estimate of drug-likeness (QED) is 0.673. The van der Waals surface area contributed by atoms with Gasteiger partial charge in [0.2, 0.25) is 0 Å². The van der Waals surface area contributed by atoms with Crippen LogP contribution in [0.25, 0.3) is 10.9 Å². The Morgan fingerprint density at radius 1 is 1.33 bits per heavy atom. The number of nitrogens with one attached hydrogen (secondary N) is 1. The van der Waals surface area contributed by atoms with E-state index in [0.29, 0.717) is 12.0 Å². The van der Waals surface area contributed by atoms with Gasteiger partial charge in [-0.05, 0) is 24.5 Å². The molecule has 6 heteroatoms. The number of fused-ring (bicyclic) bond motifs is 6. The molecule has 3 aliphatic rings. The van der Waals surface area contributed by atoms with E-state index in [-0.39, 0.29) is 30.1 Å². The summed E-state index contributed by atoms with van der Waals surface area (Å²) in [6.07, 6.45) is 1.17. The third kappa shape index (κ3) is 2.43. The Bertz CT molecular complexity index is 947. The number of para-hydroxylation sites is 1. The lowest BCUT2D eigenvalue weighted by molar-refractivity contribution is -0.138. The van der Waals surface area contributed by atoms with Crippen LogP contribution in [0.15, 0.2) is 35.6 Å². The molecule has 1 saturated heterocycles. The van der Waals surface area contributed by atoms with E-state index in [9.17, 15) is 15.0 Å². The van der Waals surface area contributed by atoms with Crippen LogP contribution in [-0.2, 0) is 16.0 Å². The number of aliphatic hydroxyl groups is 2. The Hall–Kier alpha value is -2.31. The van der Waals surface area contributed by atoms with Crippen LogP contribution in [0.5, 0.6) is 0 Å². The van der Waals surface area contributed by atoms with Crippen molar-refractivity contribution in [1.29, 1.82) is 0 Å². The van der Waals surface area contributed by atoms with Gasteiger partial charge in [0, 0.05) is 47.9 Å². The maximum Gasteiger partial charge on any atom is 0.337 e. The number of aromatic nitrogens is 1. The SMILES string of the molecule is COC(=O)C1=C(O)C[C@@H](O)[C@@H]2CN3CCc4c([nH]c5ccccc45)[C@@H]3C[C@H]12. The lowest BCUT2D eigenvalue weighted by atomic mass is 9.68. The van der Waals surface area contributed by atoms with Gasteiger partial charge in [0.15, 0.2) is 0 Å². The van der Waals surface area contributed by atoms with Gasteiger partial charge in [-0.25, -0.2) is 4.79 Å². The predicted octanol–water partition coefficient (Wildman–Crippen LogP) is 2.45. The van der Waals surface area contributed by atoms with E-state index >= 15 is 0 Å². The fourth-order valence-corrected chi connectivity index (χ4v) is 5.44. The zero-order valence-corrected chi connectivity index (χ0v) is 15.3. The molecule has 2 aliphatic heterocycles. The minimum atomic E-state index is -0.631. The summed E-state index contributed by atoms with van der Waals surface area (Å²) in [5.41, 5.74) is 4.07. The number of ether oxygens (including phenoxy) is 1. The maximum atomic E-state index is 12.3. The van der Waals surface area contributed by atoms with Crippen molar-refractivity contribution in [2.75, 3.05) is 20.2 Å². The lowest BCUT2D eigenvalue weighted by Gasteiger charge is -2.49. The number of rotatable bonds is 1. The molecule has 0 unspecified atom stereocenters. The van der Waals surface area contributed by atoms with Crippen molar-refractivity contribution in [1.82, 2.24) is 9.88 Å². The summed E-state index contributed by atoms with van der Waals surface area (Å²) in [5.74, 6) is -0.746. The summed E-state index contributed by atoms with van der Waals surface area (Å²) in [5, 5.41) is 22.2. The Morgan fingerprint density at radius 3 is 2.96 bits per heavy atom. The number of piperidine rings is 1. The predicted molar refractivity (Wildman–Crippen MR) is 100 cm³/mol. The molecule has 1 fully saturated rings. The molecule has 1 aromatic heterocycles. The standard InChI is InChI=1S/C21H24N2O4/c1-27-21(26)19-13-8-16-20-12(11-4-2-3-5-15(11)22-20)6-7-23(16)10-14(13)17(24)9-18(19)25/h2-5,13-14,16-17,22,24-25H,6-10H2,1H3/t13-,14+,16-,17+/m0/s1. The molecular weight excluding hydrogens is 344 g/mol. The smallest absolute Gasteiger partial charge is 0.337 e. The molecular formula is C21H24N2O4. The molecule has 1 aliphatic carbocycles. The molecule has 27 heavy (non-hydrogen) atoms. The van der Waals surface area contributed by atoms with Crippen molar-refractivity contribution in [2.45, 2.75) is 31.4 Å². The van der Waals surface area contributed by atoms with Crippen LogP contribution >= 0.6 is 0 Å². The minimum Gasteiger partial charge on any atom is -0.512 e. The molecule has 0 spiro atoms. The first-order chi connectivity index (χ1) is 13.1. The number of aliphatic hydroxyl groups excluding tert-OH is 2. The zero-order valence-electron chi connectivity index (χ0n) is 15.3. The molecule has 6 nitrogen and oxygen atoms in total. The van der Waals surface area contributed by atoms with Gasteiger partial charge in [-0.3, -0.25) is 4.90 Å². The fraction of sp³-hybridized carbons (Fsp3) is 0.476. The van der Waals surface area contributed by atoms with Gasteiger partial charge < -0.3 is 19.9 Å². The lowest BCUT2D eigenvalue weighted by Crippen LogP contribution is -2.52. The Labute approximate surface area is 157 Å². The maximum absolute atomic E-state index is 12.3. The van der Waals surface area contributed by atoms with E-state index in [4.69, 9.17) is 4.74 Å². The van der Waals surface area contributed by atoms with Crippen LogP contribution in [0.4, 0.5) is 0 Å². The van der Waals surface area contributed by atoms with Crippen molar-refractivity contribution in [3.8, 4) is 0 Å². The number of carbonyl (C=O) groups excluding carboxylic acids is 1. The molecule has 5 rings (SSSR count). The Kier molecular flexibility index (Phi) is 3.81. The zero-order chi connectivity index (χ0) is 18.7. The van der Waals surface area contributed by atoms with E-state index in [1.54, 1.807) is 0 Å². The highest BCUT2D eigenvalue weighted by Gasteiger charge is 2.48. The fourth-order valence-electron chi connectivity index (χ4n) is 5.44. The number of hydrogen-bond acceptors (Lipinski definition) is 5. The molecule has 0 bridgehead atoms. The van der Waals surface area contributed by atoms with E-state index in [1.807, 2.05) is 6.07 Å². The number of benzene rings is 1. The number of hydrogen-bond donors (Lipinski definition) is 3. The second-order valence-electron chi connectivity index (χ2n) is 7.95. The normalized spacial score (nSPS) is 30.6. The second kappa shape index (κ2) is 6.11. The van der Waals surface area contributed by atoms with Crippen molar-refractivity contribution < 1.29 is 19.7 Å².